The Bertz CT molecular complexity index is 1080. The van der Waals surface area contributed by atoms with Gasteiger partial charge in [0.05, 0.1) is 12.7 Å². The fraction of sp³-hybridized carbons (Fsp3) is 0.824. The Labute approximate surface area is 271 Å². The van der Waals surface area contributed by atoms with E-state index in [1.54, 1.807) is 32.6 Å². The highest BCUT2D eigenvalue weighted by molar-refractivity contribution is 6.77. The lowest BCUT2D eigenvalue weighted by atomic mass is 10.0. The maximum atomic E-state index is 14.4. The first-order valence-electron chi connectivity index (χ1n) is 17.1. The van der Waals surface area contributed by atoms with Gasteiger partial charge in [0.25, 0.3) is 0 Å². The van der Waals surface area contributed by atoms with Crippen LogP contribution in [0.15, 0.2) is 12.2 Å². The number of nitrogens with zero attached hydrogens (tertiary/aromatic N) is 1. The van der Waals surface area contributed by atoms with E-state index in [0.29, 0.717) is 35.9 Å². The Hall–Kier alpha value is -2.40. The molecule has 3 amide bonds. The van der Waals surface area contributed by atoms with Crippen molar-refractivity contribution in [3.05, 3.63) is 12.2 Å². The number of carbonyl (C=O) groups excluding carboxylic acids is 4. The van der Waals surface area contributed by atoms with Crippen LogP contribution in [0.25, 0.3) is 0 Å². The summed E-state index contributed by atoms with van der Waals surface area (Å²) in [4.78, 5) is 56.2. The summed E-state index contributed by atoms with van der Waals surface area (Å²) in [7, 11) is -2.34. The number of allylic oxidation sites excluding steroid dienone is 1. The summed E-state index contributed by atoms with van der Waals surface area (Å²) in [6, 6.07) is -1.71. The second kappa shape index (κ2) is 15.0. The van der Waals surface area contributed by atoms with Gasteiger partial charge in [0, 0.05) is 18.9 Å². The Kier molecular flexibility index (Phi) is 12.4. The van der Waals surface area contributed by atoms with Gasteiger partial charge in [-0.2, -0.15) is 0 Å². The monoisotopic (exact) mass is 649 g/mol. The SMILES string of the molecule is CCOC(=O)[C@@]12C[C@@H]1/C=C\CCCCC[C@H](NC(=O)OC(C)(C)C)C(=O)N1C[C@H](O[Si](C(C)C)(C(C)C)C(C)C)C[C@H]1C(=O)N2. The number of nitrogens with one attached hydrogen (secondary N) is 2. The summed E-state index contributed by atoms with van der Waals surface area (Å²) in [5.74, 6) is -1.33. The minimum atomic E-state index is -2.34. The molecule has 5 atom stereocenters. The van der Waals surface area contributed by atoms with Gasteiger partial charge in [-0.1, -0.05) is 66.5 Å². The number of carbonyl (C=O) groups is 4. The molecule has 3 rings (SSSR count). The first kappa shape index (κ1) is 37.1. The molecule has 0 aromatic carbocycles. The van der Waals surface area contributed by atoms with E-state index in [-0.39, 0.29) is 31.1 Å². The van der Waals surface area contributed by atoms with Gasteiger partial charge in [-0.3, -0.25) is 9.59 Å². The molecule has 10 nitrogen and oxygen atoms in total. The summed E-state index contributed by atoms with van der Waals surface area (Å²) in [6.07, 6.45) is 7.60. The minimum absolute atomic E-state index is 0.160. The highest BCUT2D eigenvalue weighted by atomic mass is 28.4. The topological polar surface area (TPSA) is 123 Å². The summed E-state index contributed by atoms with van der Waals surface area (Å²) < 4.78 is 18.0. The molecule has 2 N–H and O–H groups in total. The van der Waals surface area contributed by atoms with Gasteiger partial charge in [-0.25, -0.2) is 9.59 Å². The molecule has 0 bridgehead atoms. The quantitative estimate of drug-likeness (QED) is 0.188. The molecule has 45 heavy (non-hydrogen) atoms. The maximum Gasteiger partial charge on any atom is 0.408 e. The van der Waals surface area contributed by atoms with Crippen molar-refractivity contribution < 1.29 is 33.1 Å². The van der Waals surface area contributed by atoms with E-state index in [4.69, 9.17) is 13.9 Å². The van der Waals surface area contributed by atoms with Crippen molar-refractivity contribution in [1.29, 1.82) is 0 Å². The summed E-state index contributed by atoms with van der Waals surface area (Å²) >= 11 is 0. The smallest absolute Gasteiger partial charge is 0.408 e. The molecule has 0 aromatic heterocycles. The van der Waals surface area contributed by atoms with Crippen molar-refractivity contribution in [2.45, 2.75) is 160 Å². The third-order valence-electron chi connectivity index (χ3n) is 9.65. The highest BCUT2D eigenvalue weighted by Crippen LogP contribution is 2.47. The fourth-order valence-corrected chi connectivity index (χ4v) is 13.1. The first-order chi connectivity index (χ1) is 21.0. The largest absolute Gasteiger partial charge is 0.464 e. The van der Waals surface area contributed by atoms with Crippen molar-refractivity contribution in [3.8, 4) is 0 Å². The first-order valence-corrected chi connectivity index (χ1v) is 19.3. The Morgan fingerprint density at radius 1 is 1.07 bits per heavy atom. The molecule has 0 spiro atoms. The molecule has 1 saturated heterocycles. The lowest BCUT2D eigenvalue weighted by Gasteiger charge is -2.44. The average Bonchev–Trinajstić information content (AvgIpc) is 3.45. The normalized spacial score (nSPS) is 29.0. The van der Waals surface area contributed by atoms with E-state index in [0.717, 1.165) is 25.7 Å². The lowest BCUT2D eigenvalue weighted by Crippen LogP contribution is -2.56. The standard InChI is InChI=1S/C34H59N3O7Si/c1-11-42-31(40)34-20-25(34)17-15-13-12-14-16-18-27(35-32(41)43-33(8,9)10)30(39)37-21-26(19-28(37)29(38)36-34)44-45(22(2)3,23(4)5)24(6)7/h15,17,22-28H,11-14,16,18-21H2,1-10H3,(H,35,41)(H,36,38)/b17-15-/t25-,26+,27-,28-,34+/m0/s1. The molecule has 1 aliphatic carbocycles. The number of ether oxygens (including phenoxy) is 2. The zero-order valence-corrected chi connectivity index (χ0v) is 30.4. The maximum absolute atomic E-state index is 14.4. The molecule has 2 fully saturated rings. The van der Waals surface area contributed by atoms with E-state index in [2.05, 4.69) is 58.3 Å². The van der Waals surface area contributed by atoms with E-state index in [9.17, 15) is 19.2 Å². The van der Waals surface area contributed by atoms with Crippen molar-refractivity contribution >= 4 is 32.2 Å². The minimum Gasteiger partial charge on any atom is -0.464 e. The number of hydrogen-bond acceptors (Lipinski definition) is 7. The van der Waals surface area contributed by atoms with Crippen LogP contribution in [0.5, 0.6) is 0 Å². The van der Waals surface area contributed by atoms with Crippen LogP contribution in [-0.2, 0) is 28.3 Å². The lowest BCUT2D eigenvalue weighted by molar-refractivity contribution is -0.150. The van der Waals surface area contributed by atoms with Crippen LogP contribution in [0.4, 0.5) is 4.79 Å². The number of fused-ring (bicyclic) bond motifs is 2. The highest BCUT2D eigenvalue weighted by Gasteiger charge is 2.62. The van der Waals surface area contributed by atoms with Crippen LogP contribution in [0.3, 0.4) is 0 Å². The molecule has 3 aliphatic rings. The van der Waals surface area contributed by atoms with E-state index in [1.807, 2.05) is 6.08 Å². The molecular formula is C34H59N3O7Si. The third kappa shape index (κ3) is 8.70. The van der Waals surface area contributed by atoms with Gasteiger partial charge in [0.15, 0.2) is 0 Å². The molecule has 0 unspecified atom stereocenters. The number of alkyl carbamates (subject to hydrolysis) is 1. The molecule has 1 saturated carbocycles. The average molecular weight is 650 g/mol. The molecule has 2 aliphatic heterocycles. The Balaban J connectivity index is 2.00. The summed E-state index contributed by atoms with van der Waals surface area (Å²) in [6.45, 7) is 20.8. The second-order valence-corrected chi connectivity index (χ2v) is 20.5. The predicted octanol–water partition coefficient (Wildman–Crippen LogP) is 6.00. The van der Waals surface area contributed by atoms with Crippen molar-refractivity contribution in [2.24, 2.45) is 5.92 Å². The van der Waals surface area contributed by atoms with Crippen LogP contribution < -0.4 is 10.6 Å². The zero-order valence-electron chi connectivity index (χ0n) is 29.4. The van der Waals surface area contributed by atoms with E-state index in [1.165, 1.54) is 0 Å². The summed E-state index contributed by atoms with van der Waals surface area (Å²) in [5, 5.41) is 5.85. The molecule has 11 heteroatoms. The predicted molar refractivity (Wildman–Crippen MR) is 177 cm³/mol. The third-order valence-corrected chi connectivity index (χ3v) is 15.8. The van der Waals surface area contributed by atoms with Crippen molar-refractivity contribution in [2.75, 3.05) is 13.2 Å². The Morgan fingerprint density at radius 3 is 2.29 bits per heavy atom. The number of rotatable bonds is 8. The molecule has 2 heterocycles. The number of esters is 1. The fourth-order valence-electron chi connectivity index (χ4n) is 7.54. The van der Waals surface area contributed by atoms with Crippen molar-refractivity contribution in [3.63, 3.8) is 0 Å². The van der Waals surface area contributed by atoms with Gasteiger partial charge in [0.2, 0.25) is 20.1 Å². The van der Waals surface area contributed by atoms with Gasteiger partial charge >= 0.3 is 12.1 Å². The van der Waals surface area contributed by atoms with E-state index >= 15 is 0 Å². The van der Waals surface area contributed by atoms with Crippen LogP contribution in [0.1, 0.15) is 114 Å². The second-order valence-electron chi connectivity index (χ2n) is 15.1. The van der Waals surface area contributed by atoms with Crippen molar-refractivity contribution in [1.82, 2.24) is 15.5 Å². The molecule has 256 valence electrons. The van der Waals surface area contributed by atoms with Crippen LogP contribution >= 0.6 is 0 Å². The molecule has 0 aromatic rings. The van der Waals surface area contributed by atoms with Crippen LogP contribution in [-0.4, -0.2) is 79.6 Å². The number of amides is 3. The van der Waals surface area contributed by atoms with Gasteiger partial charge in [-0.05, 0) is 70.0 Å². The zero-order chi connectivity index (χ0) is 33.7. The van der Waals surface area contributed by atoms with Crippen LogP contribution in [0, 0.1) is 5.92 Å². The molecular weight excluding hydrogens is 590 g/mol. The Morgan fingerprint density at radius 2 is 1.71 bits per heavy atom. The van der Waals surface area contributed by atoms with Crippen LogP contribution in [0.2, 0.25) is 16.6 Å². The summed E-state index contributed by atoms with van der Waals surface area (Å²) in [5.41, 5.74) is -0.888. The van der Waals surface area contributed by atoms with E-state index < -0.39 is 49.5 Å². The van der Waals surface area contributed by atoms with Gasteiger partial charge in [-0.15, -0.1) is 0 Å². The molecule has 0 radical (unpaired) electrons. The number of hydrogen-bond donors (Lipinski definition) is 2. The van der Waals surface area contributed by atoms with Gasteiger partial charge in [0.1, 0.15) is 23.2 Å². The van der Waals surface area contributed by atoms with Gasteiger partial charge < -0.3 is 29.4 Å².